The summed E-state index contributed by atoms with van der Waals surface area (Å²) < 4.78 is 13.1. The molecule has 4 aromatic rings. The van der Waals surface area contributed by atoms with Crippen LogP contribution in [0.2, 0.25) is 10.0 Å². The second-order valence-corrected chi connectivity index (χ2v) is 7.81. The van der Waals surface area contributed by atoms with Gasteiger partial charge in [0.05, 0.1) is 5.56 Å². The van der Waals surface area contributed by atoms with E-state index in [1.807, 2.05) is 24.3 Å². The van der Waals surface area contributed by atoms with Crippen LogP contribution in [0.4, 0.5) is 4.39 Å². The van der Waals surface area contributed by atoms with Crippen LogP contribution in [-0.2, 0) is 6.54 Å². The molecule has 3 aromatic carbocycles. The predicted octanol–water partition coefficient (Wildman–Crippen LogP) is 6.79. The Morgan fingerprint density at radius 1 is 0.806 bits per heavy atom. The number of rotatable bonds is 5. The lowest BCUT2D eigenvalue weighted by Crippen LogP contribution is -2.23. The minimum atomic E-state index is -0.288. The van der Waals surface area contributed by atoms with Crippen LogP contribution in [0.1, 0.15) is 15.9 Å². The molecule has 0 radical (unpaired) electrons. The number of aromatic nitrogens is 1. The van der Waals surface area contributed by atoms with E-state index in [9.17, 15) is 9.18 Å². The van der Waals surface area contributed by atoms with Gasteiger partial charge in [0.2, 0.25) is 0 Å². The number of nitrogens with one attached hydrogen (secondary N) is 1. The zero-order valence-corrected chi connectivity index (χ0v) is 17.8. The molecule has 1 aromatic heterocycles. The van der Waals surface area contributed by atoms with Gasteiger partial charge in [0.25, 0.3) is 5.91 Å². The lowest BCUT2D eigenvalue weighted by Gasteiger charge is -2.10. The summed E-state index contributed by atoms with van der Waals surface area (Å²) in [6, 6.07) is 20.9. The van der Waals surface area contributed by atoms with Crippen molar-refractivity contribution in [3.63, 3.8) is 0 Å². The van der Waals surface area contributed by atoms with Gasteiger partial charge < -0.3 is 5.32 Å². The van der Waals surface area contributed by atoms with Gasteiger partial charge in [-0.25, -0.2) is 4.39 Å². The molecule has 4 rings (SSSR count). The highest BCUT2D eigenvalue weighted by Crippen LogP contribution is 2.26. The predicted molar refractivity (Wildman–Crippen MR) is 123 cm³/mol. The maximum atomic E-state index is 13.1. The highest BCUT2D eigenvalue weighted by atomic mass is 35.5. The van der Waals surface area contributed by atoms with Crippen molar-refractivity contribution in [3.8, 4) is 22.3 Å². The fourth-order valence-electron chi connectivity index (χ4n) is 3.15. The zero-order valence-electron chi connectivity index (χ0n) is 16.3. The first-order valence-corrected chi connectivity index (χ1v) is 10.3. The Labute approximate surface area is 189 Å². The first-order valence-electron chi connectivity index (χ1n) is 9.53. The molecule has 0 saturated heterocycles. The van der Waals surface area contributed by atoms with Gasteiger partial charge in [-0.15, -0.1) is 0 Å². The van der Waals surface area contributed by atoms with Crippen LogP contribution in [0.3, 0.4) is 0 Å². The van der Waals surface area contributed by atoms with E-state index in [1.165, 1.54) is 18.3 Å². The standard InChI is InChI=1S/C25H17Cl2FN2O/c26-22-7-3-17(4-8-22)20-11-21(14-29-13-20)25(31)30-15-19-2-1-18(12-24(19)27)16-5-9-23(28)10-6-16/h1-14H,15H2,(H,30,31). The number of hydrogen-bond acceptors (Lipinski definition) is 2. The van der Waals surface area contributed by atoms with E-state index in [0.29, 0.717) is 15.6 Å². The van der Waals surface area contributed by atoms with Gasteiger partial charge in [0, 0.05) is 34.5 Å². The van der Waals surface area contributed by atoms with Crippen molar-refractivity contribution in [2.24, 2.45) is 0 Å². The third-order valence-electron chi connectivity index (χ3n) is 4.85. The van der Waals surface area contributed by atoms with Crippen LogP contribution in [0, 0.1) is 5.82 Å². The van der Waals surface area contributed by atoms with Gasteiger partial charge >= 0.3 is 0 Å². The van der Waals surface area contributed by atoms with Gasteiger partial charge in [-0.2, -0.15) is 0 Å². The molecule has 0 atom stereocenters. The fourth-order valence-corrected chi connectivity index (χ4v) is 3.53. The maximum Gasteiger partial charge on any atom is 0.253 e. The van der Waals surface area contributed by atoms with E-state index in [0.717, 1.165) is 27.8 Å². The van der Waals surface area contributed by atoms with Crippen molar-refractivity contribution < 1.29 is 9.18 Å². The molecule has 1 amide bonds. The third kappa shape index (κ3) is 5.10. The Kier molecular flexibility index (Phi) is 6.31. The number of benzene rings is 3. The molecule has 0 aliphatic heterocycles. The van der Waals surface area contributed by atoms with Crippen LogP contribution < -0.4 is 5.32 Å². The summed E-state index contributed by atoms with van der Waals surface area (Å²) in [7, 11) is 0. The van der Waals surface area contributed by atoms with Gasteiger partial charge in [-0.3, -0.25) is 9.78 Å². The Morgan fingerprint density at radius 2 is 1.45 bits per heavy atom. The van der Waals surface area contributed by atoms with Crippen molar-refractivity contribution >= 4 is 29.1 Å². The van der Waals surface area contributed by atoms with Crippen molar-refractivity contribution in [3.05, 3.63) is 112 Å². The number of amides is 1. The minimum Gasteiger partial charge on any atom is -0.348 e. The van der Waals surface area contributed by atoms with Gasteiger partial charge in [-0.1, -0.05) is 59.6 Å². The molecular formula is C25H17Cl2FN2O. The summed E-state index contributed by atoms with van der Waals surface area (Å²) in [6.07, 6.45) is 3.22. The summed E-state index contributed by atoms with van der Waals surface area (Å²) in [5, 5.41) is 4.05. The molecule has 1 heterocycles. The lowest BCUT2D eigenvalue weighted by molar-refractivity contribution is 0.0950. The number of carbonyl (C=O) groups excluding carboxylic acids is 1. The zero-order chi connectivity index (χ0) is 21.8. The van der Waals surface area contributed by atoms with Gasteiger partial charge in [0.1, 0.15) is 5.82 Å². The highest BCUT2D eigenvalue weighted by molar-refractivity contribution is 6.31. The quantitative estimate of drug-likeness (QED) is 0.363. The molecule has 0 fully saturated rings. The summed E-state index contributed by atoms with van der Waals surface area (Å²) >= 11 is 12.3. The molecule has 0 saturated carbocycles. The van der Waals surface area contributed by atoms with E-state index in [-0.39, 0.29) is 18.3 Å². The Morgan fingerprint density at radius 3 is 2.16 bits per heavy atom. The molecule has 154 valence electrons. The van der Waals surface area contributed by atoms with Crippen molar-refractivity contribution in [2.75, 3.05) is 0 Å². The van der Waals surface area contributed by atoms with E-state index >= 15 is 0 Å². The molecule has 31 heavy (non-hydrogen) atoms. The number of pyridine rings is 1. The van der Waals surface area contributed by atoms with Crippen LogP contribution in [0.15, 0.2) is 85.2 Å². The second kappa shape index (κ2) is 9.29. The number of nitrogens with zero attached hydrogens (tertiary/aromatic N) is 1. The highest BCUT2D eigenvalue weighted by Gasteiger charge is 2.10. The molecular weight excluding hydrogens is 434 g/mol. The molecule has 0 spiro atoms. The van der Waals surface area contributed by atoms with Crippen LogP contribution >= 0.6 is 23.2 Å². The van der Waals surface area contributed by atoms with Crippen LogP contribution in [0.5, 0.6) is 0 Å². The first kappa shape index (κ1) is 21.0. The first-order chi connectivity index (χ1) is 15.0. The Balaban J connectivity index is 1.45. The third-order valence-corrected chi connectivity index (χ3v) is 5.45. The maximum absolute atomic E-state index is 13.1. The fraction of sp³-hybridized carbons (Fsp3) is 0.0400. The second-order valence-electron chi connectivity index (χ2n) is 6.96. The molecule has 0 bridgehead atoms. The van der Waals surface area contributed by atoms with E-state index in [4.69, 9.17) is 23.2 Å². The van der Waals surface area contributed by atoms with Crippen LogP contribution in [-0.4, -0.2) is 10.9 Å². The number of hydrogen-bond donors (Lipinski definition) is 1. The Hall–Kier alpha value is -3.21. The molecule has 0 unspecified atom stereocenters. The summed E-state index contributed by atoms with van der Waals surface area (Å²) in [5.74, 6) is -0.536. The van der Waals surface area contributed by atoms with E-state index < -0.39 is 0 Å². The summed E-state index contributed by atoms with van der Waals surface area (Å²) in [6.45, 7) is 0.270. The molecule has 6 heteroatoms. The molecule has 3 nitrogen and oxygen atoms in total. The minimum absolute atomic E-state index is 0.248. The number of halogens is 3. The topological polar surface area (TPSA) is 42.0 Å². The Bertz CT molecular complexity index is 1230. The van der Waals surface area contributed by atoms with E-state index in [2.05, 4.69) is 10.3 Å². The lowest BCUT2D eigenvalue weighted by atomic mass is 10.0. The summed E-state index contributed by atoms with van der Waals surface area (Å²) in [5.41, 5.74) is 4.72. The summed E-state index contributed by atoms with van der Waals surface area (Å²) in [4.78, 5) is 16.8. The van der Waals surface area contributed by atoms with E-state index in [1.54, 1.807) is 42.6 Å². The largest absolute Gasteiger partial charge is 0.348 e. The van der Waals surface area contributed by atoms with Crippen molar-refractivity contribution in [2.45, 2.75) is 6.54 Å². The molecule has 0 aliphatic rings. The average Bonchev–Trinajstić information content (AvgIpc) is 2.79. The van der Waals surface area contributed by atoms with Gasteiger partial charge in [-0.05, 0) is 58.7 Å². The smallest absolute Gasteiger partial charge is 0.253 e. The SMILES string of the molecule is O=C(NCc1ccc(-c2ccc(F)cc2)cc1Cl)c1cncc(-c2ccc(Cl)cc2)c1. The number of carbonyl (C=O) groups is 1. The molecule has 1 N–H and O–H groups in total. The molecule has 0 aliphatic carbocycles. The monoisotopic (exact) mass is 450 g/mol. The van der Waals surface area contributed by atoms with Crippen molar-refractivity contribution in [1.82, 2.24) is 10.3 Å². The average molecular weight is 451 g/mol. The normalized spacial score (nSPS) is 10.7. The van der Waals surface area contributed by atoms with Gasteiger partial charge in [0.15, 0.2) is 0 Å². The van der Waals surface area contributed by atoms with Crippen molar-refractivity contribution in [1.29, 1.82) is 0 Å². The van der Waals surface area contributed by atoms with Crippen LogP contribution in [0.25, 0.3) is 22.3 Å².